The van der Waals surface area contributed by atoms with Crippen LogP contribution in [0.2, 0.25) is 0 Å². The van der Waals surface area contributed by atoms with Crippen molar-refractivity contribution in [3.05, 3.63) is 46.1 Å². The Labute approximate surface area is 162 Å². The van der Waals surface area contributed by atoms with Gasteiger partial charge in [-0.25, -0.2) is 0 Å². The first kappa shape index (κ1) is 21.7. The molecule has 1 rings (SSSR count). The quantitative estimate of drug-likeness (QED) is 0.403. The molecule has 0 spiro atoms. The average molecular weight is 460 g/mol. The maximum absolute atomic E-state index is 12.1. The zero-order chi connectivity index (χ0) is 18.7. The van der Waals surface area contributed by atoms with Crippen LogP contribution in [0.5, 0.6) is 11.5 Å². The number of allylic oxidation sites excluding steroid dienone is 2. The summed E-state index contributed by atoms with van der Waals surface area (Å²) in [5, 5.41) is 9.80. The van der Waals surface area contributed by atoms with E-state index in [4.69, 9.17) is 14.2 Å². The number of halogens is 1. The van der Waals surface area contributed by atoms with Crippen molar-refractivity contribution >= 4 is 28.4 Å². The van der Waals surface area contributed by atoms with Crippen molar-refractivity contribution in [1.82, 2.24) is 0 Å². The summed E-state index contributed by atoms with van der Waals surface area (Å²) < 4.78 is 17.9. The van der Waals surface area contributed by atoms with Crippen molar-refractivity contribution in [2.75, 3.05) is 20.8 Å². The van der Waals surface area contributed by atoms with Gasteiger partial charge in [0, 0.05) is 12.3 Å². The van der Waals surface area contributed by atoms with Crippen LogP contribution in [0.3, 0.4) is 0 Å². The number of aliphatic hydroxyl groups is 1. The van der Waals surface area contributed by atoms with Gasteiger partial charge in [0.2, 0.25) is 0 Å². The Kier molecular flexibility index (Phi) is 10.4. The SMILES string of the molecule is COc1ccc(COC[C@H](C)C(=O)C[C@@H](O)/C=C/C=C/I)cc1OC. The summed E-state index contributed by atoms with van der Waals surface area (Å²) >= 11 is 2.09. The van der Waals surface area contributed by atoms with Gasteiger partial charge in [0.15, 0.2) is 11.5 Å². The van der Waals surface area contributed by atoms with Crippen LogP contribution >= 0.6 is 22.6 Å². The molecule has 1 N–H and O–H groups in total. The van der Waals surface area contributed by atoms with E-state index in [0.717, 1.165) is 5.56 Å². The highest BCUT2D eigenvalue weighted by molar-refractivity contribution is 14.1. The molecular weight excluding hydrogens is 435 g/mol. The fourth-order valence-electron chi connectivity index (χ4n) is 2.13. The van der Waals surface area contributed by atoms with Crippen molar-refractivity contribution in [2.24, 2.45) is 5.92 Å². The molecule has 0 heterocycles. The Balaban J connectivity index is 2.43. The maximum atomic E-state index is 12.1. The van der Waals surface area contributed by atoms with Gasteiger partial charge in [-0.3, -0.25) is 4.79 Å². The number of carbonyl (C=O) groups is 1. The zero-order valence-electron chi connectivity index (χ0n) is 14.8. The first-order valence-electron chi connectivity index (χ1n) is 7.94. The highest BCUT2D eigenvalue weighted by Gasteiger charge is 2.16. The van der Waals surface area contributed by atoms with Crippen LogP contribution in [-0.2, 0) is 16.1 Å². The Morgan fingerprint density at radius 3 is 2.60 bits per heavy atom. The molecule has 0 aliphatic carbocycles. The van der Waals surface area contributed by atoms with Gasteiger partial charge in [0.05, 0.1) is 33.5 Å². The van der Waals surface area contributed by atoms with Crippen LogP contribution in [0.15, 0.2) is 40.5 Å². The van der Waals surface area contributed by atoms with Gasteiger partial charge >= 0.3 is 0 Å². The molecule has 0 aliphatic rings. The van der Waals surface area contributed by atoms with E-state index in [1.54, 1.807) is 39.4 Å². The number of rotatable bonds is 11. The van der Waals surface area contributed by atoms with E-state index in [0.29, 0.717) is 24.7 Å². The molecule has 0 fully saturated rings. The second-order valence-electron chi connectivity index (χ2n) is 5.55. The van der Waals surface area contributed by atoms with Crippen LogP contribution < -0.4 is 9.47 Å². The molecule has 0 bridgehead atoms. The molecule has 1 aromatic carbocycles. The van der Waals surface area contributed by atoms with E-state index in [9.17, 15) is 9.90 Å². The van der Waals surface area contributed by atoms with Gasteiger partial charge in [0.25, 0.3) is 0 Å². The average Bonchev–Trinajstić information content (AvgIpc) is 2.61. The van der Waals surface area contributed by atoms with Crippen LogP contribution in [0.25, 0.3) is 0 Å². The number of ether oxygens (including phenoxy) is 3. The number of carbonyl (C=O) groups excluding carboxylic acids is 1. The molecule has 2 atom stereocenters. The third-order valence-corrected chi connectivity index (χ3v) is 3.98. The summed E-state index contributed by atoms with van der Waals surface area (Å²) in [5.74, 6) is 1.00. The van der Waals surface area contributed by atoms with E-state index < -0.39 is 6.10 Å². The highest BCUT2D eigenvalue weighted by Crippen LogP contribution is 2.27. The van der Waals surface area contributed by atoms with Crippen LogP contribution in [0, 0.1) is 5.92 Å². The molecular formula is C19H25IO5. The minimum absolute atomic E-state index is 0.0251. The van der Waals surface area contributed by atoms with Crippen molar-refractivity contribution in [3.8, 4) is 11.5 Å². The number of aliphatic hydroxyl groups excluding tert-OH is 1. The molecule has 138 valence electrons. The van der Waals surface area contributed by atoms with Crippen molar-refractivity contribution in [3.63, 3.8) is 0 Å². The van der Waals surface area contributed by atoms with Crippen molar-refractivity contribution in [2.45, 2.75) is 26.1 Å². The largest absolute Gasteiger partial charge is 0.493 e. The second kappa shape index (κ2) is 12.1. The van der Waals surface area contributed by atoms with E-state index in [1.807, 2.05) is 22.3 Å². The van der Waals surface area contributed by atoms with Gasteiger partial charge in [-0.2, -0.15) is 0 Å². The fraction of sp³-hybridized carbons (Fsp3) is 0.421. The third-order valence-electron chi connectivity index (χ3n) is 3.56. The molecule has 0 amide bonds. The number of hydrogen-bond acceptors (Lipinski definition) is 5. The molecule has 0 aromatic heterocycles. The lowest BCUT2D eigenvalue weighted by Crippen LogP contribution is -2.21. The minimum Gasteiger partial charge on any atom is -0.493 e. The van der Waals surface area contributed by atoms with E-state index in [1.165, 1.54) is 0 Å². The number of ketones is 1. The molecule has 0 saturated heterocycles. The molecule has 0 saturated carbocycles. The summed E-state index contributed by atoms with van der Waals surface area (Å²) in [6, 6.07) is 5.56. The Morgan fingerprint density at radius 1 is 1.24 bits per heavy atom. The molecule has 25 heavy (non-hydrogen) atoms. The monoisotopic (exact) mass is 460 g/mol. The molecule has 6 heteroatoms. The van der Waals surface area contributed by atoms with Gasteiger partial charge in [0.1, 0.15) is 5.78 Å². The topological polar surface area (TPSA) is 65.0 Å². The second-order valence-corrected chi connectivity index (χ2v) is 6.27. The Morgan fingerprint density at radius 2 is 1.96 bits per heavy atom. The number of methoxy groups -OCH3 is 2. The molecule has 1 aromatic rings. The Hall–Kier alpha value is -1.38. The molecule has 5 nitrogen and oxygen atoms in total. The molecule has 0 radical (unpaired) electrons. The van der Waals surface area contributed by atoms with Crippen LogP contribution in [0.1, 0.15) is 18.9 Å². The normalized spacial score (nSPS) is 14.0. The van der Waals surface area contributed by atoms with Gasteiger partial charge in [-0.1, -0.05) is 53.8 Å². The third kappa shape index (κ3) is 8.02. The smallest absolute Gasteiger partial charge is 0.161 e. The summed E-state index contributed by atoms with van der Waals surface area (Å²) in [5.41, 5.74) is 0.936. The minimum atomic E-state index is -0.770. The number of benzene rings is 1. The lowest BCUT2D eigenvalue weighted by molar-refractivity contribution is -0.125. The lowest BCUT2D eigenvalue weighted by atomic mass is 10.0. The highest BCUT2D eigenvalue weighted by atomic mass is 127. The van der Waals surface area contributed by atoms with E-state index in [2.05, 4.69) is 22.6 Å². The van der Waals surface area contributed by atoms with E-state index in [-0.39, 0.29) is 18.1 Å². The summed E-state index contributed by atoms with van der Waals surface area (Å²) in [7, 11) is 3.17. The summed E-state index contributed by atoms with van der Waals surface area (Å²) in [6.45, 7) is 2.48. The van der Waals surface area contributed by atoms with Gasteiger partial charge < -0.3 is 19.3 Å². The predicted octanol–water partition coefficient (Wildman–Crippen LogP) is 3.68. The zero-order valence-corrected chi connectivity index (χ0v) is 16.9. The van der Waals surface area contributed by atoms with Gasteiger partial charge in [-0.05, 0) is 21.8 Å². The van der Waals surface area contributed by atoms with Crippen LogP contribution in [-0.4, -0.2) is 37.8 Å². The first-order valence-corrected chi connectivity index (χ1v) is 9.19. The maximum Gasteiger partial charge on any atom is 0.161 e. The predicted molar refractivity (Wildman–Crippen MR) is 106 cm³/mol. The number of hydrogen-bond donors (Lipinski definition) is 1. The van der Waals surface area contributed by atoms with E-state index >= 15 is 0 Å². The number of Topliss-reactive ketones (excluding diaryl/α,β-unsaturated/α-hetero) is 1. The first-order chi connectivity index (χ1) is 12.0. The standard InChI is InChI=1S/C19H25IO5/c1-14(17(22)11-16(21)6-4-5-9-20)12-25-13-15-7-8-18(23-2)19(10-15)24-3/h4-10,14,16,21H,11-13H2,1-3H3/b6-4+,9-5+/t14-,16-/m0/s1. The lowest BCUT2D eigenvalue weighted by Gasteiger charge is -2.13. The molecule has 0 aliphatic heterocycles. The van der Waals surface area contributed by atoms with Crippen LogP contribution in [0.4, 0.5) is 0 Å². The van der Waals surface area contributed by atoms with Crippen molar-refractivity contribution < 1.29 is 24.1 Å². The fourth-order valence-corrected chi connectivity index (χ4v) is 2.37. The van der Waals surface area contributed by atoms with Crippen molar-refractivity contribution in [1.29, 1.82) is 0 Å². The van der Waals surface area contributed by atoms with Gasteiger partial charge in [-0.15, -0.1) is 0 Å². The Bertz CT molecular complexity index is 597. The molecule has 0 unspecified atom stereocenters. The summed E-state index contributed by atoms with van der Waals surface area (Å²) in [6.07, 6.45) is 4.44. The summed E-state index contributed by atoms with van der Waals surface area (Å²) in [4.78, 5) is 12.1.